The smallest absolute Gasteiger partial charge is 0.187 e. The number of dihydropyridines is 1. The quantitative estimate of drug-likeness (QED) is 0.822. The predicted octanol–water partition coefficient (Wildman–Crippen LogP) is 1.13. The highest BCUT2D eigenvalue weighted by molar-refractivity contribution is 7.95. The first kappa shape index (κ1) is 15.1. The van der Waals surface area contributed by atoms with Crippen molar-refractivity contribution in [3.05, 3.63) is 57.3 Å². The van der Waals surface area contributed by atoms with E-state index in [9.17, 15) is 13.2 Å². The van der Waals surface area contributed by atoms with E-state index in [0.717, 1.165) is 0 Å². The second kappa shape index (κ2) is 5.30. The van der Waals surface area contributed by atoms with Crippen LogP contribution in [0.5, 0.6) is 0 Å². The van der Waals surface area contributed by atoms with E-state index in [1.165, 1.54) is 0 Å². The molecule has 0 fully saturated rings. The number of ketones is 1. The first-order valence-electron chi connectivity index (χ1n) is 7.58. The number of nitrogens with zero attached hydrogens (tertiary/aromatic N) is 1. The average Bonchev–Trinajstić information content (AvgIpc) is 2.88. The van der Waals surface area contributed by atoms with Gasteiger partial charge in [-0.05, 0) is 17.7 Å². The van der Waals surface area contributed by atoms with Crippen molar-refractivity contribution in [1.82, 2.24) is 5.32 Å². The monoisotopic (exact) mass is 342 g/mol. The minimum absolute atomic E-state index is 0.0364. The van der Waals surface area contributed by atoms with Crippen LogP contribution in [0.3, 0.4) is 0 Å². The van der Waals surface area contributed by atoms with E-state index in [1.54, 1.807) is 24.3 Å². The molecule has 3 heterocycles. The third-order valence-electron chi connectivity index (χ3n) is 4.56. The van der Waals surface area contributed by atoms with Crippen molar-refractivity contribution in [2.24, 2.45) is 0 Å². The number of carbonyl (C=O) groups is 1. The minimum atomic E-state index is -3.43. The van der Waals surface area contributed by atoms with Gasteiger partial charge in [-0.1, -0.05) is 12.1 Å². The number of allylic oxidation sites excluding steroid dienone is 2. The van der Waals surface area contributed by atoms with Gasteiger partial charge in [0.05, 0.1) is 34.8 Å². The normalized spacial score (nSPS) is 25.0. The lowest BCUT2D eigenvalue weighted by atomic mass is 9.83. The molecule has 4 rings (SSSR count). The zero-order valence-corrected chi connectivity index (χ0v) is 13.5. The highest BCUT2D eigenvalue weighted by Crippen LogP contribution is 2.45. The number of sulfone groups is 1. The fourth-order valence-corrected chi connectivity index (χ4v) is 5.40. The first-order valence-corrected chi connectivity index (χ1v) is 9.23. The molecule has 0 spiro atoms. The van der Waals surface area contributed by atoms with Crippen LogP contribution < -0.4 is 5.32 Å². The lowest BCUT2D eigenvalue weighted by Gasteiger charge is -2.32. The van der Waals surface area contributed by atoms with E-state index >= 15 is 0 Å². The molecule has 1 aromatic rings. The number of hydrogen-bond donors (Lipinski definition) is 1. The summed E-state index contributed by atoms with van der Waals surface area (Å²) < 4.78 is 30.5. The van der Waals surface area contributed by atoms with Gasteiger partial charge in [0.15, 0.2) is 15.6 Å². The van der Waals surface area contributed by atoms with Crippen LogP contribution in [0.2, 0.25) is 0 Å². The van der Waals surface area contributed by atoms with E-state index in [2.05, 4.69) is 11.4 Å². The number of hydrogen-bond acceptors (Lipinski definition) is 6. The molecule has 0 amide bonds. The Labute approximate surface area is 139 Å². The van der Waals surface area contributed by atoms with Gasteiger partial charge < -0.3 is 10.1 Å². The van der Waals surface area contributed by atoms with Gasteiger partial charge in [0.2, 0.25) is 0 Å². The number of nitriles is 1. The van der Waals surface area contributed by atoms with Crippen molar-refractivity contribution in [3.63, 3.8) is 0 Å². The number of benzene rings is 1. The Balaban J connectivity index is 1.96. The molecule has 0 saturated carbocycles. The highest BCUT2D eigenvalue weighted by Gasteiger charge is 2.44. The zero-order chi connectivity index (χ0) is 16.9. The third-order valence-corrected chi connectivity index (χ3v) is 6.45. The van der Waals surface area contributed by atoms with Crippen molar-refractivity contribution in [3.8, 4) is 6.07 Å². The Hall–Kier alpha value is -2.43. The molecule has 0 bridgehead atoms. The van der Waals surface area contributed by atoms with Crippen LogP contribution in [0.25, 0.3) is 0 Å². The Morgan fingerprint density at radius 1 is 1.25 bits per heavy atom. The molecule has 1 aromatic carbocycles. The maximum absolute atomic E-state index is 12.6. The number of rotatable bonds is 1. The Morgan fingerprint density at radius 2 is 2.08 bits per heavy atom. The van der Waals surface area contributed by atoms with E-state index in [1.807, 2.05) is 0 Å². The molecular formula is C17H14N2O4S. The number of ether oxygens (including phenoxy) is 1. The minimum Gasteiger partial charge on any atom is -0.367 e. The molecule has 0 saturated heterocycles. The topological polar surface area (TPSA) is 96.3 Å². The molecule has 122 valence electrons. The second-order valence-electron chi connectivity index (χ2n) is 6.02. The molecule has 1 atom stereocenters. The summed E-state index contributed by atoms with van der Waals surface area (Å²) in [6.45, 7) is 0.198. The maximum Gasteiger partial charge on any atom is 0.187 e. The fourth-order valence-electron chi connectivity index (χ4n) is 3.56. The van der Waals surface area contributed by atoms with Crippen LogP contribution in [0, 0.1) is 11.3 Å². The van der Waals surface area contributed by atoms with E-state index in [-0.39, 0.29) is 29.7 Å². The molecule has 3 aliphatic heterocycles. The molecule has 7 heteroatoms. The predicted molar refractivity (Wildman–Crippen MR) is 85.3 cm³/mol. The van der Waals surface area contributed by atoms with Gasteiger partial charge in [0.25, 0.3) is 0 Å². The van der Waals surface area contributed by atoms with Crippen LogP contribution in [-0.4, -0.2) is 33.2 Å². The summed E-state index contributed by atoms with van der Waals surface area (Å²) >= 11 is 0. The van der Waals surface area contributed by atoms with Crippen LogP contribution >= 0.6 is 0 Å². The van der Waals surface area contributed by atoms with E-state index in [4.69, 9.17) is 10.00 Å². The summed E-state index contributed by atoms with van der Waals surface area (Å²) in [5.74, 6) is -0.840. The van der Waals surface area contributed by atoms with Gasteiger partial charge in [-0.15, -0.1) is 0 Å². The molecule has 6 nitrogen and oxygen atoms in total. The Morgan fingerprint density at radius 3 is 2.88 bits per heavy atom. The van der Waals surface area contributed by atoms with Gasteiger partial charge in [-0.3, -0.25) is 4.79 Å². The van der Waals surface area contributed by atoms with Gasteiger partial charge in [-0.25, -0.2) is 8.42 Å². The van der Waals surface area contributed by atoms with Crippen LogP contribution in [-0.2, 0) is 19.4 Å². The van der Waals surface area contributed by atoms with Crippen molar-refractivity contribution in [2.45, 2.75) is 12.3 Å². The van der Waals surface area contributed by atoms with E-state index in [0.29, 0.717) is 34.5 Å². The fraction of sp³-hybridized carbons (Fsp3) is 0.294. The summed E-state index contributed by atoms with van der Waals surface area (Å²) in [4.78, 5) is 12.7. The summed E-state index contributed by atoms with van der Waals surface area (Å²) in [7, 11) is -3.43. The zero-order valence-electron chi connectivity index (χ0n) is 12.7. The summed E-state index contributed by atoms with van der Waals surface area (Å²) in [6, 6.07) is 8.85. The summed E-state index contributed by atoms with van der Waals surface area (Å²) in [5.41, 5.74) is 2.80. The van der Waals surface area contributed by atoms with Crippen molar-refractivity contribution in [1.29, 1.82) is 5.26 Å². The molecular weight excluding hydrogens is 328 g/mol. The van der Waals surface area contributed by atoms with Gasteiger partial charge in [0.1, 0.15) is 6.61 Å². The van der Waals surface area contributed by atoms with Crippen molar-refractivity contribution >= 4 is 15.6 Å². The number of Topliss-reactive ketones (excluding diaryl/α,β-unsaturated/α-hetero) is 1. The van der Waals surface area contributed by atoms with Crippen molar-refractivity contribution in [2.75, 3.05) is 19.0 Å². The second-order valence-corrected chi connectivity index (χ2v) is 8.09. The highest BCUT2D eigenvalue weighted by atomic mass is 32.2. The number of carbonyl (C=O) groups excluding carboxylic acids is 1. The summed E-state index contributed by atoms with van der Waals surface area (Å²) in [6.07, 6.45) is 0.400. The molecule has 3 aliphatic rings. The molecule has 0 aliphatic carbocycles. The standard InChI is InChI=1S/C17H14N2O4S/c18-7-10-2-1-3-11(6-10)15-16-13(8-23-9-14(16)20)19-12-4-5-24(21,22)17(12)15/h1-3,6,15,19H,4-5,8-9H2. The van der Waals surface area contributed by atoms with Gasteiger partial charge in [0, 0.05) is 23.4 Å². The number of nitrogens with one attached hydrogen (secondary N) is 1. The first-order chi connectivity index (χ1) is 11.5. The van der Waals surface area contributed by atoms with Gasteiger partial charge >= 0.3 is 0 Å². The van der Waals surface area contributed by atoms with Crippen LogP contribution in [0.4, 0.5) is 0 Å². The third kappa shape index (κ3) is 2.19. The Bertz CT molecular complexity index is 967. The van der Waals surface area contributed by atoms with E-state index < -0.39 is 15.8 Å². The van der Waals surface area contributed by atoms with Crippen LogP contribution in [0.1, 0.15) is 23.5 Å². The largest absolute Gasteiger partial charge is 0.367 e. The average molecular weight is 342 g/mol. The van der Waals surface area contributed by atoms with Crippen molar-refractivity contribution < 1.29 is 17.9 Å². The molecule has 24 heavy (non-hydrogen) atoms. The Kier molecular flexibility index (Phi) is 3.34. The SMILES string of the molecule is N#Cc1cccc(C2C3=C(COCC3=O)NC3=C2S(=O)(=O)CC3)c1. The summed E-state index contributed by atoms with van der Waals surface area (Å²) in [5, 5.41) is 12.2. The molecule has 0 aromatic heterocycles. The molecule has 1 unspecified atom stereocenters. The molecule has 0 radical (unpaired) electrons. The lowest BCUT2D eigenvalue weighted by molar-refractivity contribution is -0.121. The lowest BCUT2D eigenvalue weighted by Crippen LogP contribution is -2.36. The van der Waals surface area contributed by atoms with Crippen LogP contribution in [0.15, 0.2) is 46.1 Å². The van der Waals surface area contributed by atoms with Gasteiger partial charge in [-0.2, -0.15) is 5.26 Å². The molecule has 1 N–H and O–H groups in total. The maximum atomic E-state index is 12.6.